The maximum absolute atomic E-state index is 5.91. The predicted octanol–water partition coefficient (Wildman–Crippen LogP) is 3.29. The number of aliphatic imine (C=N–C) groups is 1. The van der Waals surface area contributed by atoms with Gasteiger partial charge in [-0.1, -0.05) is 23.9 Å². The summed E-state index contributed by atoms with van der Waals surface area (Å²) in [7, 11) is 0. The Kier molecular flexibility index (Phi) is 2.48. The molecule has 0 radical (unpaired) electrons. The summed E-state index contributed by atoms with van der Waals surface area (Å²) in [6, 6.07) is 14.3. The van der Waals surface area contributed by atoms with Crippen LogP contribution in [0.3, 0.4) is 0 Å². The van der Waals surface area contributed by atoms with Gasteiger partial charge in [0.05, 0.1) is 16.3 Å². The van der Waals surface area contributed by atoms with E-state index in [-0.39, 0.29) is 0 Å². The summed E-state index contributed by atoms with van der Waals surface area (Å²) in [4.78, 5) is 6.76. The molecule has 2 heterocycles. The summed E-state index contributed by atoms with van der Waals surface area (Å²) in [6.07, 6.45) is 0. The Labute approximate surface area is 115 Å². The van der Waals surface area contributed by atoms with E-state index in [1.807, 2.05) is 24.3 Å². The van der Waals surface area contributed by atoms with E-state index in [1.165, 1.54) is 0 Å². The first kappa shape index (κ1) is 10.9. The molecular weight excluding hydrogens is 256 g/mol. The number of nitrogens with one attached hydrogen (secondary N) is 1. The van der Waals surface area contributed by atoms with Crippen molar-refractivity contribution in [2.45, 2.75) is 9.79 Å². The minimum atomic E-state index is 0.860. The van der Waals surface area contributed by atoms with Gasteiger partial charge in [0.25, 0.3) is 0 Å². The molecule has 2 aliphatic heterocycles. The first-order chi connectivity index (χ1) is 9.40. The van der Waals surface area contributed by atoms with Crippen LogP contribution < -0.4 is 10.1 Å². The fraction of sp³-hybridized carbons (Fsp3) is 0.133. The highest BCUT2D eigenvalue weighted by molar-refractivity contribution is 7.99. The molecule has 2 aromatic rings. The number of nitrogens with zero attached hydrogens (tertiary/aromatic N) is 1. The number of hydrogen-bond acceptors (Lipinski definition) is 4. The molecule has 0 aromatic heterocycles. The number of hydrogen-bond donors (Lipinski definition) is 1. The second-order valence-corrected chi connectivity index (χ2v) is 5.55. The highest BCUT2D eigenvalue weighted by Crippen LogP contribution is 2.46. The maximum Gasteiger partial charge on any atom is 0.141 e. The number of para-hydroxylation sites is 1. The molecule has 0 fully saturated rings. The van der Waals surface area contributed by atoms with Crippen LogP contribution in [-0.2, 0) is 0 Å². The van der Waals surface area contributed by atoms with E-state index >= 15 is 0 Å². The lowest BCUT2D eigenvalue weighted by Gasteiger charge is -2.19. The summed E-state index contributed by atoms with van der Waals surface area (Å²) < 4.78 is 5.91. The Balaban J connectivity index is 1.74. The van der Waals surface area contributed by atoms with Gasteiger partial charge in [-0.2, -0.15) is 0 Å². The molecule has 0 saturated carbocycles. The SMILES string of the molecule is c1ccc2c(c1)Oc1ccc(C3=NCCN3)cc1S2. The van der Waals surface area contributed by atoms with Crippen molar-refractivity contribution < 1.29 is 4.74 Å². The highest BCUT2D eigenvalue weighted by atomic mass is 32.2. The molecule has 3 nitrogen and oxygen atoms in total. The minimum absolute atomic E-state index is 0.860. The van der Waals surface area contributed by atoms with Gasteiger partial charge in [0.1, 0.15) is 17.3 Å². The van der Waals surface area contributed by atoms with E-state index in [9.17, 15) is 0 Å². The Hall–Kier alpha value is -1.94. The zero-order chi connectivity index (χ0) is 12.7. The molecule has 1 N–H and O–H groups in total. The number of amidine groups is 1. The number of fused-ring (bicyclic) bond motifs is 2. The average molecular weight is 268 g/mol. The fourth-order valence-corrected chi connectivity index (χ4v) is 3.26. The highest BCUT2D eigenvalue weighted by Gasteiger charge is 2.19. The molecule has 0 aliphatic carbocycles. The van der Waals surface area contributed by atoms with Gasteiger partial charge in [0.15, 0.2) is 0 Å². The number of ether oxygens (including phenoxy) is 1. The normalized spacial score (nSPS) is 15.9. The van der Waals surface area contributed by atoms with Crippen molar-refractivity contribution in [3.63, 3.8) is 0 Å². The Bertz CT molecular complexity index is 682. The molecule has 0 amide bonds. The quantitative estimate of drug-likeness (QED) is 0.735. The van der Waals surface area contributed by atoms with Crippen LogP contribution in [0.15, 0.2) is 57.2 Å². The second-order valence-electron chi connectivity index (χ2n) is 4.47. The second kappa shape index (κ2) is 4.31. The fourth-order valence-electron chi connectivity index (χ4n) is 2.27. The van der Waals surface area contributed by atoms with E-state index in [4.69, 9.17) is 4.74 Å². The molecule has 4 heteroatoms. The van der Waals surface area contributed by atoms with E-state index < -0.39 is 0 Å². The molecule has 0 spiro atoms. The number of benzene rings is 2. The molecule has 2 aliphatic rings. The largest absolute Gasteiger partial charge is 0.455 e. The molecule has 4 rings (SSSR count). The molecule has 0 atom stereocenters. The molecule has 0 bridgehead atoms. The first-order valence-corrected chi connectivity index (χ1v) is 7.09. The van der Waals surface area contributed by atoms with Gasteiger partial charge in [-0.05, 0) is 30.3 Å². The summed E-state index contributed by atoms with van der Waals surface area (Å²) in [5.74, 6) is 2.84. The third-order valence-electron chi connectivity index (χ3n) is 3.18. The van der Waals surface area contributed by atoms with Gasteiger partial charge in [-0.15, -0.1) is 0 Å². The van der Waals surface area contributed by atoms with E-state index in [0.717, 1.165) is 45.8 Å². The van der Waals surface area contributed by atoms with Crippen LogP contribution in [0.25, 0.3) is 0 Å². The van der Waals surface area contributed by atoms with Crippen molar-refractivity contribution in [1.29, 1.82) is 0 Å². The van der Waals surface area contributed by atoms with Crippen LogP contribution in [0, 0.1) is 0 Å². The molecule has 94 valence electrons. The van der Waals surface area contributed by atoms with Crippen LogP contribution in [0.4, 0.5) is 0 Å². The molecular formula is C15H12N2OS. The zero-order valence-electron chi connectivity index (χ0n) is 10.2. The van der Waals surface area contributed by atoms with E-state index in [0.29, 0.717) is 0 Å². The van der Waals surface area contributed by atoms with Crippen LogP contribution in [0.1, 0.15) is 5.56 Å². The van der Waals surface area contributed by atoms with Crippen molar-refractivity contribution in [2.75, 3.05) is 13.1 Å². The summed E-state index contributed by atoms with van der Waals surface area (Å²) in [5.41, 5.74) is 1.13. The first-order valence-electron chi connectivity index (χ1n) is 6.28. The smallest absolute Gasteiger partial charge is 0.141 e. The summed E-state index contributed by atoms with van der Waals surface area (Å²) in [5, 5.41) is 3.30. The lowest BCUT2D eigenvalue weighted by atomic mass is 10.2. The molecule has 0 saturated heterocycles. The monoisotopic (exact) mass is 268 g/mol. The van der Waals surface area contributed by atoms with Gasteiger partial charge >= 0.3 is 0 Å². The minimum Gasteiger partial charge on any atom is -0.455 e. The van der Waals surface area contributed by atoms with Gasteiger partial charge < -0.3 is 10.1 Å². The van der Waals surface area contributed by atoms with E-state index in [1.54, 1.807) is 11.8 Å². The Morgan fingerprint density at radius 3 is 2.84 bits per heavy atom. The predicted molar refractivity (Wildman–Crippen MR) is 76.5 cm³/mol. The van der Waals surface area contributed by atoms with E-state index in [2.05, 4.69) is 28.5 Å². The van der Waals surface area contributed by atoms with Gasteiger partial charge in [0.2, 0.25) is 0 Å². The zero-order valence-corrected chi connectivity index (χ0v) is 11.0. The standard InChI is InChI=1S/C15H12N2OS/c1-2-4-13-11(3-1)18-12-6-5-10(9-14(12)19-13)15-16-7-8-17-15/h1-6,9H,7-8H2,(H,16,17). The van der Waals surface area contributed by atoms with Crippen LogP contribution >= 0.6 is 11.8 Å². The topological polar surface area (TPSA) is 33.6 Å². The van der Waals surface area contributed by atoms with Crippen molar-refractivity contribution >= 4 is 17.6 Å². The van der Waals surface area contributed by atoms with Gasteiger partial charge in [-0.3, -0.25) is 4.99 Å². The van der Waals surface area contributed by atoms with Crippen LogP contribution in [-0.4, -0.2) is 18.9 Å². The molecule has 2 aromatic carbocycles. The van der Waals surface area contributed by atoms with Crippen LogP contribution in [0.5, 0.6) is 11.5 Å². The van der Waals surface area contributed by atoms with Crippen LogP contribution in [0.2, 0.25) is 0 Å². The van der Waals surface area contributed by atoms with Crippen molar-refractivity contribution in [3.8, 4) is 11.5 Å². The lowest BCUT2D eigenvalue weighted by molar-refractivity contribution is 0.454. The van der Waals surface area contributed by atoms with Gasteiger partial charge in [-0.25, -0.2) is 0 Å². The molecule has 0 unspecified atom stereocenters. The maximum atomic E-state index is 5.91. The van der Waals surface area contributed by atoms with Gasteiger partial charge in [0, 0.05) is 12.1 Å². The van der Waals surface area contributed by atoms with Crippen molar-refractivity contribution in [3.05, 3.63) is 48.0 Å². The third kappa shape index (κ3) is 1.88. The van der Waals surface area contributed by atoms with Crippen molar-refractivity contribution in [2.24, 2.45) is 4.99 Å². The summed E-state index contributed by atoms with van der Waals surface area (Å²) >= 11 is 1.75. The summed E-state index contributed by atoms with van der Waals surface area (Å²) in [6.45, 7) is 1.79. The Morgan fingerprint density at radius 2 is 1.95 bits per heavy atom. The number of rotatable bonds is 1. The van der Waals surface area contributed by atoms with Crippen molar-refractivity contribution in [1.82, 2.24) is 5.32 Å². The average Bonchev–Trinajstić information content (AvgIpc) is 2.98. The lowest BCUT2D eigenvalue weighted by Crippen LogP contribution is -2.19. The Morgan fingerprint density at radius 1 is 1.05 bits per heavy atom. The third-order valence-corrected chi connectivity index (χ3v) is 4.28. The molecule has 19 heavy (non-hydrogen) atoms.